The van der Waals surface area contributed by atoms with Crippen LogP contribution in [-0.2, 0) is 4.79 Å². The van der Waals surface area contributed by atoms with Crippen molar-refractivity contribution in [2.75, 3.05) is 0 Å². The molecule has 0 spiro atoms. The molecule has 0 heterocycles. The van der Waals surface area contributed by atoms with Crippen molar-refractivity contribution in [2.24, 2.45) is 28.6 Å². The van der Waals surface area contributed by atoms with E-state index in [9.17, 15) is 15.0 Å². The molecular weight excluding hydrogens is 319 g/mol. The molecular formula is C21H31FO3. The van der Waals surface area contributed by atoms with Gasteiger partial charge >= 0.3 is 0 Å². The number of hydrogen-bond donors (Lipinski definition) is 2. The number of aliphatic hydroxyl groups excluding tert-OH is 1. The van der Waals surface area contributed by atoms with Gasteiger partial charge in [0.25, 0.3) is 0 Å². The number of ketones is 1. The minimum atomic E-state index is -1.71. The molecule has 3 nitrogen and oxygen atoms in total. The Kier molecular flexibility index (Phi) is 3.50. The Hall–Kier alpha value is -0.740. The molecule has 4 heteroatoms. The van der Waals surface area contributed by atoms with Crippen molar-refractivity contribution in [3.63, 3.8) is 0 Å². The summed E-state index contributed by atoms with van der Waals surface area (Å²) in [5.41, 5.74) is -2.93. The van der Waals surface area contributed by atoms with Gasteiger partial charge in [-0.2, -0.15) is 0 Å². The predicted octanol–water partition coefficient (Wildman–Crippen LogP) is 3.58. The number of fused-ring (bicyclic) bond motifs is 5. The Bertz CT molecular complexity index is 656. The zero-order valence-corrected chi connectivity index (χ0v) is 15.8. The molecule has 8 atom stereocenters. The Morgan fingerprint density at radius 1 is 1.20 bits per heavy atom. The largest absolute Gasteiger partial charge is 0.390 e. The Morgan fingerprint density at radius 2 is 1.88 bits per heavy atom. The van der Waals surface area contributed by atoms with Crippen LogP contribution in [-0.4, -0.2) is 33.4 Å². The molecule has 3 fully saturated rings. The van der Waals surface area contributed by atoms with Crippen molar-refractivity contribution in [2.45, 2.75) is 83.6 Å². The summed E-state index contributed by atoms with van der Waals surface area (Å²) in [4.78, 5) is 11.9. The highest BCUT2D eigenvalue weighted by Gasteiger charge is 2.73. The van der Waals surface area contributed by atoms with E-state index in [-0.39, 0.29) is 23.5 Å². The third kappa shape index (κ3) is 1.86. The van der Waals surface area contributed by atoms with E-state index in [2.05, 4.69) is 0 Å². The Balaban J connectivity index is 1.83. The van der Waals surface area contributed by atoms with Gasteiger partial charge in [-0.05, 0) is 56.9 Å². The first kappa shape index (κ1) is 17.7. The molecule has 0 aromatic heterocycles. The average Bonchev–Trinajstić information content (AvgIpc) is 2.70. The minimum absolute atomic E-state index is 0.0712. The zero-order chi connectivity index (χ0) is 18.4. The fourth-order valence-corrected chi connectivity index (χ4v) is 7.11. The van der Waals surface area contributed by atoms with Crippen LogP contribution < -0.4 is 0 Å². The van der Waals surface area contributed by atoms with Gasteiger partial charge in [-0.1, -0.05) is 26.3 Å². The Labute approximate surface area is 149 Å². The van der Waals surface area contributed by atoms with Crippen molar-refractivity contribution < 1.29 is 19.4 Å². The molecule has 140 valence electrons. The van der Waals surface area contributed by atoms with Crippen LogP contribution in [0.4, 0.5) is 4.39 Å². The molecule has 4 aliphatic rings. The van der Waals surface area contributed by atoms with Crippen molar-refractivity contribution in [1.82, 2.24) is 0 Å². The Morgan fingerprint density at radius 3 is 2.56 bits per heavy atom. The van der Waals surface area contributed by atoms with E-state index in [0.29, 0.717) is 25.7 Å². The van der Waals surface area contributed by atoms with E-state index < -0.39 is 28.2 Å². The van der Waals surface area contributed by atoms with Crippen LogP contribution in [0.2, 0.25) is 0 Å². The van der Waals surface area contributed by atoms with Gasteiger partial charge in [0, 0.05) is 23.2 Å². The van der Waals surface area contributed by atoms with E-state index in [1.54, 1.807) is 6.08 Å². The molecule has 4 aliphatic carbocycles. The van der Waals surface area contributed by atoms with Crippen LogP contribution in [0.25, 0.3) is 0 Å². The van der Waals surface area contributed by atoms with Gasteiger partial charge in [0.05, 0.1) is 11.7 Å². The van der Waals surface area contributed by atoms with Crippen molar-refractivity contribution in [1.29, 1.82) is 0 Å². The van der Waals surface area contributed by atoms with Gasteiger partial charge < -0.3 is 10.2 Å². The number of carbonyl (C=O) groups excluding carboxylic acids is 1. The summed E-state index contributed by atoms with van der Waals surface area (Å²) in [6.07, 6.45) is 3.88. The highest BCUT2D eigenvalue weighted by Crippen LogP contribution is 2.70. The van der Waals surface area contributed by atoms with Gasteiger partial charge in [0.2, 0.25) is 0 Å². The second-order valence-corrected chi connectivity index (χ2v) is 9.91. The number of halogens is 1. The van der Waals surface area contributed by atoms with Crippen LogP contribution in [0, 0.1) is 28.6 Å². The van der Waals surface area contributed by atoms with Crippen LogP contribution in [0.1, 0.15) is 66.2 Å². The van der Waals surface area contributed by atoms with E-state index in [4.69, 9.17) is 0 Å². The van der Waals surface area contributed by atoms with Gasteiger partial charge in [-0.15, -0.1) is 0 Å². The first-order valence-corrected chi connectivity index (χ1v) is 9.81. The maximum Gasteiger partial charge on any atom is 0.155 e. The van der Waals surface area contributed by atoms with E-state index in [1.165, 1.54) is 0 Å². The minimum Gasteiger partial charge on any atom is -0.390 e. The summed E-state index contributed by atoms with van der Waals surface area (Å²) in [5, 5.41) is 22.2. The topological polar surface area (TPSA) is 57.5 Å². The number of allylic oxidation sites excluding steroid dienone is 1. The fraction of sp³-hybridized carbons (Fsp3) is 0.857. The van der Waals surface area contributed by atoms with E-state index >= 15 is 4.39 Å². The summed E-state index contributed by atoms with van der Waals surface area (Å²) < 4.78 is 16.8. The van der Waals surface area contributed by atoms with E-state index in [1.807, 2.05) is 27.7 Å². The predicted molar refractivity (Wildman–Crippen MR) is 93.6 cm³/mol. The number of hydrogen-bond acceptors (Lipinski definition) is 3. The lowest BCUT2D eigenvalue weighted by Gasteiger charge is -2.63. The molecule has 4 rings (SSSR count). The third-order valence-electron chi connectivity index (χ3n) is 9.16. The smallest absolute Gasteiger partial charge is 0.155 e. The first-order valence-electron chi connectivity index (χ1n) is 9.81. The maximum atomic E-state index is 16.8. The molecule has 3 saturated carbocycles. The molecule has 25 heavy (non-hydrogen) atoms. The summed E-state index contributed by atoms with van der Waals surface area (Å²) in [6.45, 7) is 7.87. The number of alkyl halides is 1. The maximum absolute atomic E-state index is 16.8. The SMILES string of the molecule is CC1C[C@H]2[C@@H]3CCC4=CC(=O)CC[C@]4(C)[C@@]3(F)C(O)C[C@]2(C)C1(C)O. The number of aliphatic hydroxyl groups is 2. The molecule has 0 aromatic rings. The van der Waals surface area contributed by atoms with Crippen molar-refractivity contribution >= 4 is 5.78 Å². The van der Waals surface area contributed by atoms with Gasteiger partial charge in [0.15, 0.2) is 5.78 Å². The van der Waals surface area contributed by atoms with E-state index in [0.717, 1.165) is 18.4 Å². The zero-order valence-electron chi connectivity index (χ0n) is 15.8. The lowest BCUT2D eigenvalue weighted by Crippen LogP contribution is -2.68. The summed E-state index contributed by atoms with van der Waals surface area (Å²) >= 11 is 0. The summed E-state index contributed by atoms with van der Waals surface area (Å²) in [5.74, 6) is -0.00765. The second-order valence-electron chi connectivity index (χ2n) is 9.91. The van der Waals surface area contributed by atoms with Crippen LogP contribution in [0.3, 0.4) is 0 Å². The highest BCUT2D eigenvalue weighted by atomic mass is 19.1. The molecule has 0 radical (unpaired) electrons. The molecule has 0 aromatic carbocycles. The quantitative estimate of drug-likeness (QED) is 0.702. The highest BCUT2D eigenvalue weighted by molar-refractivity contribution is 5.91. The molecule has 0 amide bonds. The van der Waals surface area contributed by atoms with Gasteiger partial charge in [0.1, 0.15) is 5.67 Å². The fourth-order valence-electron chi connectivity index (χ4n) is 7.11. The summed E-state index contributed by atoms with van der Waals surface area (Å²) in [7, 11) is 0. The van der Waals surface area contributed by atoms with Crippen LogP contribution in [0.15, 0.2) is 11.6 Å². The molecule has 0 bridgehead atoms. The standard InChI is InChI=1S/C21H31FO3/c1-12-9-16-15-6-5-13-10-14(23)7-8-18(13,2)21(15,22)17(24)11-19(16,3)20(12,4)25/h10,12,15-17,24-25H,5-9,11H2,1-4H3/t12?,15-,16-,17?,18-,19-,20?,21-/m0/s1. The lowest BCUT2D eigenvalue weighted by atomic mass is 9.44. The molecule has 0 saturated heterocycles. The normalized spacial score (nSPS) is 58.2. The van der Waals surface area contributed by atoms with Crippen molar-refractivity contribution in [3.05, 3.63) is 11.6 Å². The average molecular weight is 350 g/mol. The molecule has 0 aliphatic heterocycles. The molecule has 2 N–H and O–H groups in total. The molecule has 3 unspecified atom stereocenters. The second kappa shape index (κ2) is 4.95. The third-order valence-corrected chi connectivity index (χ3v) is 9.16. The van der Waals surface area contributed by atoms with Crippen LogP contribution in [0.5, 0.6) is 0 Å². The monoisotopic (exact) mass is 350 g/mol. The van der Waals surface area contributed by atoms with Crippen molar-refractivity contribution in [3.8, 4) is 0 Å². The van der Waals surface area contributed by atoms with Gasteiger partial charge in [-0.3, -0.25) is 4.79 Å². The van der Waals surface area contributed by atoms with Gasteiger partial charge in [-0.25, -0.2) is 4.39 Å². The number of rotatable bonds is 0. The first-order chi connectivity index (χ1) is 11.5. The summed E-state index contributed by atoms with van der Waals surface area (Å²) in [6, 6.07) is 0. The lowest BCUT2D eigenvalue weighted by molar-refractivity contribution is -0.227. The number of carbonyl (C=O) groups is 1. The van der Waals surface area contributed by atoms with Crippen LogP contribution >= 0.6 is 0 Å².